The molecule has 0 aromatic carbocycles. The van der Waals surface area contributed by atoms with Gasteiger partial charge in [-0.2, -0.15) is 11.8 Å². The fourth-order valence-electron chi connectivity index (χ4n) is 2.88. The number of nitrogens with two attached hydrogens (primary N) is 1. The third kappa shape index (κ3) is 2.92. The van der Waals surface area contributed by atoms with Crippen molar-refractivity contribution in [3.8, 4) is 0 Å². The zero-order valence-corrected chi connectivity index (χ0v) is 11.0. The largest absolute Gasteiger partial charge is 0.381 e. The van der Waals surface area contributed by atoms with Crippen molar-refractivity contribution in [3.05, 3.63) is 0 Å². The summed E-state index contributed by atoms with van der Waals surface area (Å²) in [7, 11) is 0. The van der Waals surface area contributed by atoms with Crippen molar-refractivity contribution in [1.82, 2.24) is 5.43 Å². The van der Waals surface area contributed by atoms with Crippen molar-refractivity contribution < 1.29 is 4.74 Å². The van der Waals surface area contributed by atoms with Gasteiger partial charge in [0, 0.05) is 24.0 Å². The summed E-state index contributed by atoms with van der Waals surface area (Å²) in [5, 5.41) is 0. The molecule has 0 aromatic heterocycles. The fourth-order valence-corrected chi connectivity index (χ4v) is 4.29. The topological polar surface area (TPSA) is 47.3 Å². The van der Waals surface area contributed by atoms with E-state index in [-0.39, 0.29) is 0 Å². The minimum Gasteiger partial charge on any atom is -0.381 e. The van der Waals surface area contributed by atoms with E-state index in [0.29, 0.717) is 10.8 Å². The molecule has 4 heteroatoms. The first-order valence-electron chi connectivity index (χ1n) is 6.42. The van der Waals surface area contributed by atoms with Crippen molar-refractivity contribution in [3.63, 3.8) is 0 Å². The Balaban J connectivity index is 1.88. The minimum absolute atomic E-state index is 0.354. The molecule has 94 valence electrons. The van der Waals surface area contributed by atoms with Crippen LogP contribution in [0.1, 0.15) is 39.0 Å². The molecule has 2 aliphatic rings. The molecule has 2 atom stereocenters. The van der Waals surface area contributed by atoms with E-state index < -0.39 is 0 Å². The number of rotatable bonds is 4. The van der Waals surface area contributed by atoms with Gasteiger partial charge in [-0.05, 0) is 50.7 Å². The summed E-state index contributed by atoms with van der Waals surface area (Å²) in [6.45, 7) is 4.24. The van der Waals surface area contributed by atoms with Crippen molar-refractivity contribution >= 4 is 11.8 Å². The molecule has 2 saturated heterocycles. The number of hydrogen-bond acceptors (Lipinski definition) is 4. The maximum absolute atomic E-state index is 5.76. The quantitative estimate of drug-likeness (QED) is 0.586. The molecular formula is C12H24N2OS. The first-order valence-corrected chi connectivity index (χ1v) is 7.41. The van der Waals surface area contributed by atoms with Crippen LogP contribution in [0.5, 0.6) is 0 Å². The zero-order chi connectivity index (χ0) is 11.4. The predicted octanol–water partition coefficient (Wildman–Crippen LogP) is 1.92. The van der Waals surface area contributed by atoms with Crippen LogP contribution < -0.4 is 11.3 Å². The Morgan fingerprint density at radius 2 is 2.25 bits per heavy atom. The number of hydrogen-bond donors (Lipinski definition) is 2. The molecule has 0 radical (unpaired) electrons. The van der Waals surface area contributed by atoms with E-state index >= 15 is 0 Å². The Morgan fingerprint density at radius 1 is 1.50 bits per heavy atom. The highest BCUT2D eigenvalue weighted by atomic mass is 32.2. The van der Waals surface area contributed by atoms with Crippen LogP contribution in [0.25, 0.3) is 0 Å². The average Bonchev–Trinajstić information content (AvgIpc) is 2.75. The van der Waals surface area contributed by atoms with Crippen LogP contribution in [-0.2, 0) is 4.74 Å². The summed E-state index contributed by atoms with van der Waals surface area (Å²) in [4.78, 5) is 0. The van der Waals surface area contributed by atoms with Crippen molar-refractivity contribution in [2.75, 3.05) is 19.0 Å². The van der Waals surface area contributed by atoms with E-state index in [4.69, 9.17) is 10.6 Å². The van der Waals surface area contributed by atoms with E-state index in [0.717, 1.165) is 19.1 Å². The molecule has 2 heterocycles. The molecule has 3 N–H and O–H groups in total. The third-order valence-electron chi connectivity index (χ3n) is 4.10. The molecule has 0 bridgehead atoms. The zero-order valence-electron chi connectivity index (χ0n) is 10.2. The van der Waals surface area contributed by atoms with Crippen LogP contribution >= 0.6 is 11.8 Å². The Labute approximate surface area is 103 Å². The lowest BCUT2D eigenvalue weighted by Crippen LogP contribution is -2.49. The Bertz CT molecular complexity index is 213. The molecule has 2 rings (SSSR count). The van der Waals surface area contributed by atoms with Crippen LogP contribution in [0.15, 0.2) is 0 Å². The average molecular weight is 244 g/mol. The maximum atomic E-state index is 5.76. The lowest BCUT2D eigenvalue weighted by atomic mass is 9.85. The van der Waals surface area contributed by atoms with Gasteiger partial charge in [-0.3, -0.25) is 11.3 Å². The van der Waals surface area contributed by atoms with Crippen LogP contribution in [-0.4, -0.2) is 29.8 Å². The summed E-state index contributed by atoms with van der Waals surface area (Å²) in [5.74, 6) is 7.85. The second-order valence-electron chi connectivity index (χ2n) is 5.28. The second-order valence-corrected chi connectivity index (χ2v) is 6.90. The maximum Gasteiger partial charge on any atom is 0.0468 e. The predicted molar refractivity (Wildman–Crippen MR) is 69.4 cm³/mol. The van der Waals surface area contributed by atoms with Crippen LogP contribution in [0.4, 0.5) is 0 Å². The van der Waals surface area contributed by atoms with E-state index in [2.05, 4.69) is 24.1 Å². The van der Waals surface area contributed by atoms with Gasteiger partial charge in [0.15, 0.2) is 0 Å². The van der Waals surface area contributed by atoms with Gasteiger partial charge >= 0.3 is 0 Å². The normalized spacial score (nSPS) is 34.1. The minimum atomic E-state index is 0.354. The van der Waals surface area contributed by atoms with Gasteiger partial charge in [-0.25, -0.2) is 0 Å². The van der Waals surface area contributed by atoms with E-state index in [9.17, 15) is 0 Å². The number of nitrogens with one attached hydrogen (secondary N) is 1. The smallest absolute Gasteiger partial charge is 0.0468 e. The lowest BCUT2D eigenvalue weighted by Gasteiger charge is -2.36. The SMILES string of the molecule is CC1(C(CC2CCOCC2)NN)CCCS1. The number of hydrazine groups is 1. The van der Waals surface area contributed by atoms with Gasteiger partial charge in [0.1, 0.15) is 0 Å². The van der Waals surface area contributed by atoms with Gasteiger partial charge in [-0.15, -0.1) is 0 Å². The molecule has 2 aliphatic heterocycles. The molecule has 2 unspecified atom stereocenters. The van der Waals surface area contributed by atoms with Crippen molar-refractivity contribution in [2.45, 2.75) is 49.8 Å². The Hall–Kier alpha value is 0.230. The third-order valence-corrected chi connectivity index (χ3v) is 5.74. The highest BCUT2D eigenvalue weighted by molar-refractivity contribution is 8.00. The first-order chi connectivity index (χ1) is 7.74. The molecule has 0 aromatic rings. The van der Waals surface area contributed by atoms with Gasteiger partial charge in [0.25, 0.3) is 0 Å². The van der Waals surface area contributed by atoms with E-state index in [1.54, 1.807) is 0 Å². The molecule has 3 nitrogen and oxygen atoms in total. The van der Waals surface area contributed by atoms with Crippen LogP contribution in [0, 0.1) is 5.92 Å². The molecule has 0 spiro atoms. The molecule has 0 amide bonds. The summed E-state index contributed by atoms with van der Waals surface area (Å²) in [6, 6.07) is 0.461. The molecule has 0 saturated carbocycles. The van der Waals surface area contributed by atoms with Gasteiger partial charge in [-0.1, -0.05) is 0 Å². The van der Waals surface area contributed by atoms with E-state index in [1.165, 1.54) is 37.9 Å². The van der Waals surface area contributed by atoms with Gasteiger partial charge in [0.2, 0.25) is 0 Å². The molecule has 16 heavy (non-hydrogen) atoms. The van der Waals surface area contributed by atoms with Crippen molar-refractivity contribution in [1.29, 1.82) is 0 Å². The van der Waals surface area contributed by atoms with E-state index in [1.807, 2.05) is 0 Å². The van der Waals surface area contributed by atoms with Crippen LogP contribution in [0.2, 0.25) is 0 Å². The number of ether oxygens (including phenoxy) is 1. The monoisotopic (exact) mass is 244 g/mol. The summed E-state index contributed by atoms with van der Waals surface area (Å²) in [5.41, 5.74) is 3.07. The highest BCUT2D eigenvalue weighted by Gasteiger charge is 2.38. The highest BCUT2D eigenvalue weighted by Crippen LogP contribution is 2.42. The van der Waals surface area contributed by atoms with Gasteiger partial charge in [0.05, 0.1) is 0 Å². The van der Waals surface area contributed by atoms with Crippen LogP contribution in [0.3, 0.4) is 0 Å². The molecular weight excluding hydrogens is 220 g/mol. The Morgan fingerprint density at radius 3 is 2.81 bits per heavy atom. The summed E-state index contributed by atoms with van der Waals surface area (Å²) in [6.07, 6.45) is 6.27. The lowest BCUT2D eigenvalue weighted by molar-refractivity contribution is 0.0590. The number of thioether (sulfide) groups is 1. The molecule has 0 aliphatic carbocycles. The summed E-state index contributed by atoms with van der Waals surface area (Å²) < 4.78 is 5.76. The van der Waals surface area contributed by atoms with Crippen molar-refractivity contribution in [2.24, 2.45) is 11.8 Å². The second kappa shape index (κ2) is 5.71. The first kappa shape index (κ1) is 12.7. The molecule has 2 fully saturated rings. The Kier molecular flexibility index (Phi) is 4.53. The summed E-state index contributed by atoms with van der Waals surface area (Å²) >= 11 is 2.09. The fraction of sp³-hybridized carbons (Fsp3) is 1.00. The van der Waals surface area contributed by atoms with Gasteiger partial charge < -0.3 is 4.74 Å². The standard InChI is InChI=1S/C12H24N2OS/c1-12(5-2-8-16-12)11(14-13)9-10-3-6-15-7-4-10/h10-11,14H,2-9,13H2,1H3.